The normalized spacial score (nSPS) is 12.1. The van der Waals surface area contributed by atoms with Crippen molar-refractivity contribution in [3.63, 3.8) is 0 Å². The highest BCUT2D eigenvalue weighted by atomic mass is 16.5. The molecule has 2 rings (SSSR count). The van der Waals surface area contributed by atoms with Crippen molar-refractivity contribution in [2.75, 3.05) is 13.2 Å². The summed E-state index contributed by atoms with van der Waals surface area (Å²) in [5, 5.41) is 8.84. The van der Waals surface area contributed by atoms with Crippen LogP contribution in [0.15, 0.2) is 60.7 Å². The van der Waals surface area contributed by atoms with Crippen LogP contribution in [-0.4, -0.2) is 24.1 Å². The molecule has 1 unspecified atom stereocenters. The zero-order valence-electron chi connectivity index (χ0n) is 11.2. The number of carbonyl (C=O) groups excluding carboxylic acids is 1. The smallest absolute Gasteiger partial charge is 0.196 e. The fourth-order valence-electron chi connectivity index (χ4n) is 1.97. The first-order valence-electron chi connectivity index (χ1n) is 6.69. The molecule has 0 spiro atoms. The van der Waals surface area contributed by atoms with Crippen LogP contribution in [0.1, 0.15) is 28.4 Å². The first-order valence-corrected chi connectivity index (χ1v) is 6.69. The highest BCUT2D eigenvalue weighted by Gasteiger charge is 2.22. The molecule has 0 aliphatic heterocycles. The van der Waals surface area contributed by atoms with Gasteiger partial charge in [0, 0.05) is 12.2 Å². The average molecular weight is 270 g/mol. The number of hydrogen-bond acceptors (Lipinski definition) is 3. The summed E-state index contributed by atoms with van der Waals surface area (Å²) in [6.07, 6.45) is -0.101. The molecule has 3 nitrogen and oxygen atoms in total. The van der Waals surface area contributed by atoms with Gasteiger partial charge in [0.15, 0.2) is 5.78 Å². The molecule has 1 N–H and O–H groups in total. The standard InChI is InChI=1S/C17H18O3/c18-12-7-13-20-17(15-10-5-2-6-11-15)16(19)14-8-3-1-4-9-14/h1-6,8-11,17-18H,7,12-13H2. The molecule has 0 bridgehead atoms. The van der Waals surface area contributed by atoms with Crippen molar-refractivity contribution in [3.8, 4) is 0 Å². The Morgan fingerprint density at radius 3 is 2.20 bits per heavy atom. The van der Waals surface area contributed by atoms with Crippen molar-refractivity contribution in [1.29, 1.82) is 0 Å². The van der Waals surface area contributed by atoms with E-state index in [1.54, 1.807) is 12.1 Å². The van der Waals surface area contributed by atoms with Crippen LogP contribution in [-0.2, 0) is 4.74 Å². The van der Waals surface area contributed by atoms with E-state index >= 15 is 0 Å². The predicted octanol–water partition coefficient (Wildman–Crippen LogP) is 3.01. The minimum atomic E-state index is -0.620. The zero-order chi connectivity index (χ0) is 14.2. The number of hydrogen-bond donors (Lipinski definition) is 1. The minimum Gasteiger partial charge on any atom is -0.396 e. The topological polar surface area (TPSA) is 46.5 Å². The molecule has 2 aromatic rings. The first-order chi connectivity index (χ1) is 9.83. The van der Waals surface area contributed by atoms with Gasteiger partial charge in [0.1, 0.15) is 6.10 Å². The number of benzene rings is 2. The van der Waals surface area contributed by atoms with Crippen LogP contribution in [0.3, 0.4) is 0 Å². The number of rotatable bonds is 7. The van der Waals surface area contributed by atoms with Gasteiger partial charge in [-0.25, -0.2) is 0 Å². The third kappa shape index (κ3) is 3.76. The second-order valence-electron chi connectivity index (χ2n) is 4.47. The molecule has 104 valence electrons. The zero-order valence-corrected chi connectivity index (χ0v) is 11.2. The van der Waals surface area contributed by atoms with E-state index in [2.05, 4.69) is 0 Å². The minimum absolute atomic E-state index is 0.0566. The third-order valence-corrected chi connectivity index (χ3v) is 2.99. The summed E-state index contributed by atoms with van der Waals surface area (Å²) in [7, 11) is 0. The molecule has 0 saturated carbocycles. The maximum absolute atomic E-state index is 12.6. The Bertz CT molecular complexity index is 522. The highest BCUT2D eigenvalue weighted by Crippen LogP contribution is 2.22. The second-order valence-corrected chi connectivity index (χ2v) is 4.47. The first kappa shape index (κ1) is 14.4. The summed E-state index contributed by atoms with van der Waals surface area (Å²) in [4.78, 5) is 12.6. The average Bonchev–Trinajstić information content (AvgIpc) is 2.53. The summed E-state index contributed by atoms with van der Waals surface area (Å²) >= 11 is 0. The van der Waals surface area contributed by atoms with Gasteiger partial charge in [0.2, 0.25) is 0 Å². The third-order valence-electron chi connectivity index (χ3n) is 2.99. The highest BCUT2D eigenvalue weighted by molar-refractivity contribution is 6.00. The SMILES string of the molecule is O=C(c1ccccc1)C(OCCCO)c1ccccc1. The van der Waals surface area contributed by atoms with Gasteiger partial charge < -0.3 is 9.84 Å². The molecule has 0 amide bonds. The molecule has 0 aromatic heterocycles. The monoisotopic (exact) mass is 270 g/mol. The number of ketones is 1. The number of ether oxygens (including phenoxy) is 1. The Kier molecular flexibility index (Phi) is 5.47. The lowest BCUT2D eigenvalue weighted by molar-refractivity contribution is 0.0356. The fourth-order valence-corrected chi connectivity index (χ4v) is 1.97. The molecule has 20 heavy (non-hydrogen) atoms. The van der Waals surface area contributed by atoms with Crippen molar-refractivity contribution >= 4 is 5.78 Å². The predicted molar refractivity (Wildman–Crippen MR) is 77.6 cm³/mol. The van der Waals surface area contributed by atoms with Gasteiger partial charge in [-0.1, -0.05) is 60.7 Å². The number of aliphatic hydroxyl groups excluding tert-OH is 1. The van der Waals surface area contributed by atoms with E-state index in [-0.39, 0.29) is 12.4 Å². The van der Waals surface area contributed by atoms with Crippen molar-refractivity contribution in [3.05, 3.63) is 71.8 Å². The molecule has 3 heteroatoms. The summed E-state index contributed by atoms with van der Waals surface area (Å²) in [5.41, 5.74) is 1.46. The summed E-state index contributed by atoms with van der Waals surface area (Å²) in [5.74, 6) is -0.0604. The van der Waals surface area contributed by atoms with Crippen LogP contribution in [0.5, 0.6) is 0 Å². The van der Waals surface area contributed by atoms with Crippen molar-refractivity contribution < 1.29 is 14.6 Å². The largest absolute Gasteiger partial charge is 0.396 e. The van der Waals surface area contributed by atoms with Crippen LogP contribution in [0, 0.1) is 0 Å². The van der Waals surface area contributed by atoms with Crippen LogP contribution in [0.4, 0.5) is 0 Å². The maximum Gasteiger partial charge on any atom is 0.196 e. The van der Waals surface area contributed by atoms with E-state index in [4.69, 9.17) is 9.84 Å². The molecule has 0 aliphatic rings. The van der Waals surface area contributed by atoms with Crippen molar-refractivity contribution in [2.24, 2.45) is 0 Å². The fraction of sp³-hybridized carbons (Fsp3) is 0.235. The lowest BCUT2D eigenvalue weighted by Gasteiger charge is -2.17. The van der Waals surface area contributed by atoms with E-state index < -0.39 is 6.10 Å². The Balaban J connectivity index is 2.20. The van der Waals surface area contributed by atoms with Gasteiger partial charge in [-0.3, -0.25) is 4.79 Å². The Hall–Kier alpha value is -1.97. The molecular formula is C17H18O3. The van der Waals surface area contributed by atoms with Crippen LogP contribution >= 0.6 is 0 Å². The van der Waals surface area contributed by atoms with Gasteiger partial charge in [-0.05, 0) is 12.0 Å². The Morgan fingerprint density at radius 1 is 1.00 bits per heavy atom. The van der Waals surface area contributed by atoms with Crippen LogP contribution in [0.25, 0.3) is 0 Å². The lowest BCUT2D eigenvalue weighted by Crippen LogP contribution is -2.17. The van der Waals surface area contributed by atoms with Crippen molar-refractivity contribution in [1.82, 2.24) is 0 Å². The van der Waals surface area contributed by atoms with E-state index in [0.717, 1.165) is 5.56 Å². The van der Waals surface area contributed by atoms with Crippen LogP contribution < -0.4 is 0 Å². The van der Waals surface area contributed by atoms with Crippen LogP contribution in [0.2, 0.25) is 0 Å². The molecule has 1 atom stereocenters. The molecule has 0 radical (unpaired) electrons. The molecule has 0 aliphatic carbocycles. The summed E-state index contributed by atoms with van der Waals surface area (Å²) in [6.45, 7) is 0.412. The van der Waals surface area contributed by atoms with E-state index in [1.165, 1.54) is 0 Å². The van der Waals surface area contributed by atoms with Crippen molar-refractivity contribution in [2.45, 2.75) is 12.5 Å². The van der Waals surface area contributed by atoms with E-state index in [9.17, 15) is 4.79 Å². The number of Topliss-reactive ketones (excluding diaryl/α,β-unsaturated/α-hetero) is 1. The van der Waals surface area contributed by atoms with Gasteiger partial charge in [0.05, 0.1) is 6.61 Å². The molecule has 0 saturated heterocycles. The maximum atomic E-state index is 12.6. The number of aliphatic hydroxyl groups is 1. The molecule has 2 aromatic carbocycles. The number of carbonyl (C=O) groups is 1. The molecule has 0 fully saturated rings. The van der Waals surface area contributed by atoms with Gasteiger partial charge in [0.25, 0.3) is 0 Å². The quantitative estimate of drug-likeness (QED) is 0.621. The second kappa shape index (κ2) is 7.58. The van der Waals surface area contributed by atoms with Gasteiger partial charge in [-0.2, -0.15) is 0 Å². The summed E-state index contributed by atoms with van der Waals surface area (Å²) < 4.78 is 5.68. The van der Waals surface area contributed by atoms with E-state index in [1.807, 2.05) is 48.5 Å². The lowest BCUT2D eigenvalue weighted by atomic mass is 10.00. The molecule has 0 heterocycles. The Labute approximate surface area is 118 Å². The Morgan fingerprint density at radius 2 is 1.60 bits per heavy atom. The van der Waals surface area contributed by atoms with Gasteiger partial charge >= 0.3 is 0 Å². The molecular weight excluding hydrogens is 252 g/mol. The van der Waals surface area contributed by atoms with Gasteiger partial charge in [-0.15, -0.1) is 0 Å². The summed E-state index contributed by atoms with van der Waals surface area (Å²) in [6, 6.07) is 18.6. The van der Waals surface area contributed by atoms with E-state index in [0.29, 0.717) is 18.6 Å².